The summed E-state index contributed by atoms with van der Waals surface area (Å²) in [5, 5.41) is 3.64. The number of nitrogens with one attached hydrogen (secondary N) is 1. The van der Waals surface area contributed by atoms with Gasteiger partial charge in [-0.1, -0.05) is 37.3 Å². The first kappa shape index (κ1) is 16.7. The number of rotatable bonds is 5. The Labute approximate surface area is 143 Å². The lowest BCUT2D eigenvalue weighted by Gasteiger charge is -2.37. The molecule has 3 rings (SSSR count). The largest absolute Gasteiger partial charge is 0.343 e. The minimum atomic E-state index is 0.179. The van der Waals surface area contributed by atoms with Crippen LogP contribution < -0.4 is 5.32 Å². The minimum Gasteiger partial charge on any atom is -0.343 e. The second kappa shape index (κ2) is 7.62. The highest BCUT2D eigenvalue weighted by Crippen LogP contribution is 2.17. The Morgan fingerprint density at radius 3 is 2.83 bits per heavy atom. The van der Waals surface area contributed by atoms with E-state index in [9.17, 15) is 4.79 Å². The molecule has 1 aliphatic rings. The summed E-state index contributed by atoms with van der Waals surface area (Å²) in [6.07, 6.45) is 4.90. The zero-order valence-corrected chi connectivity index (χ0v) is 14.5. The summed E-state index contributed by atoms with van der Waals surface area (Å²) in [6.45, 7) is 7.15. The van der Waals surface area contributed by atoms with Crippen LogP contribution >= 0.6 is 0 Å². The smallest absolute Gasteiger partial charge is 0.219 e. The van der Waals surface area contributed by atoms with Crippen LogP contribution in [0, 0.1) is 5.92 Å². The summed E-state index contributed by atoms with van der Waals surface area (Å²) in [5.74, 6) is 1.69. The highest BCUT2D eigenvalue weighted by Gasteiger charge is 2.27. The minimum absolute atomic E-state index is 0.179. The fourth-order valence-corrected chi connectivity index (χ4v) is 3.39. The fraction of sp³-hybridized carbons (Fsp3) is 0.474. The molecule has 0 spiro atoms. The number of hydrogen-bond donors (Lipinski definition) is 1. The molecule has 2 heterocycles. The predicted molar refractivity (Wildman–Crippen MR) is 94.4 cm³/mol. The van der Waals surface area contributed by atoms with E-state index >= 15 is 0 Å². The molecule has 1 N–H and O–H groups in total. The van der Waals surface area contributed by atoms with Crippen LogP contribution in [0.1, 0.15) is 31.7 Å². The maximum absolute atomic E-state index is 11.5. The standard InChI is InChI=1S/C19H26N4O/c1-15-13-22(16(2)24)10-8-18(15)21-12-19-20-9-11-23(19)14-17-6-4-3-5-7-17/h3-7,9,11,15,18,21H,8,10,12-14H2,1-2H3/t15-,18-/m0/s1. The maximum atomic E-state index is 11.5. The average molecular weight is 326 g/mol. The predicted octanol–water partition coefficient (Wildman–Crippen LogP) is 2.28. The molecular weight excluding hydrogens is 300 g/mol. The van der Waals surface area contributed by atoms with Crippen LogP contribution in [0.2, 0.25) is 0 Å². The van der Waals surface area contributed by atoms with Crippen molar-refractivity contribution in [2.75, 3.05) is 13.1 Å². The van der Waals surface area contributed by atoms with E-state index in [-0.39, 0.29) is 5.91 Å². The molecule has 5 nitrogen and oxygen atoms in total. The van der Waals surface area contributed by atoms with Gasteiger partial charge in [-0.3, -0.25) is 4.79 Å². The van der Waals surface area contributed by atoms with Crippen molar-refractivity contribution in [1.82, 2.24) is 19.8 Å². The van der Waals surface area contributed by atoms with E-state index in [0.29, 0.717) is 12.0 Å². The van der Waals surface area contributed by atoms with Crippen LogP contribution in [-0.2, 0) is 17.9 Å². The lowest BCUT2D eigenvalue weighted by molar-refractivity contribution is -0.130. The van der Waals surface area contributed by atoms with Crippen LogP contribution in [0.25, 0.3) is 0 Å². The van der Waals surface area contributed by atoms with Crippen molar-refractivity contribution >= 4 is 5.91 Å². The van der Waals surface area contributed by atoms with Crippen molar-refractivity contribution < 1.29 is 4.79 Å². The van der Waals surface area contributed by atoms with Gasteiger partial charge in [-0.2, -0.15) is 0 Å². The first-order chi connectivity index (χ1) is 11.6. The molecule has 1 amide bonds. The molecule has 1 saturated heterocycles. The van der Waals surface area contributed by atoms with Crippen molar-refractivity contribution in [3.63, 3.8) is 0 Å². The SMILES string of the molecule is CC(=O)N1CC[C@H](NCc2nccn2Cc2ccccc2)[C@@H](C)C1. The van der Waals surface area contributed by atoms with Gasteiger partial charge in [-0.15, -0.1) is 0 Å². The second-order valence-corrected chi connectivity index (χ2v) is 6.68. The summed E-state index contributed by atoms with van der Waals surface area (Å²) < 4.78 is 2.19. The third kappa shape index (κ3) is 4.03. The molecule has 0 saturated carbocycles. The number of imidazole rings is 1. The molecule has 2 atom stereocenters. The summed E-state index contributed by atoms with van der Waals surface area (Å²) in [5.41, 5.74) is 1.28. The van der Waals surface area contributed by atoms with Crippen LogP contribution in [0.4, 0.5) is 0 Å². The molecule has 0 aliphatic carbocycles. The molecule has 1 aliphatic heterocycles. The van der Waals surface area contributed by atoms with Crippen molar-refractivity contribution in [1.29, 1.82) is 0 Å². The number of nitrogens with zero attached hydrogens (tertiary/aromatic N) is 3. The topological polar surface area (TPSA) is 50.2 Å². The first-order valence-corrected chi connectivity index (χ1v) is 8.66. The highest BCUT2D eigenvalue weighted by molar-refractivity contribution is 5.73. The molecule has 2 aromatic rings. The van der Waals surface area contributed by atoms with E-state index in [0.717, 1.165) is 38.4 Å². The van der Waals surface area contributed by atoms with Gasteiger partial charge in [0.2, 0.25) is 5.91 Å². The molecule has 5 heteroatoms. The average Bonchev–Trinajstić information content (AvgIpc) is 3.01. The Balaban J connectivity index is 1.56. The summed E-state index contributed by atoms with van der Waals surface area (Å²) in [7, 11) is 0. The number of hydrogen-bond acceptors (Lipinski definition) is 3. The maximum Gasteiger partial charge on any atom is 0.219 e. The molecule has 0 bridgehead atoms. The number of amides is 1. The fourth-order valence-electron chi connectivity index (χ4n) is 3.39. The van der Waals surface area contributed by atoms with Gasteiger partial charge in [0.1, 0.15) is 5.82 Å². The van der Waals surface area contributed by atoms with E-state index in [1.54, 1.807) is 6.92 Å². The lowest BCUT2D eigenvalue weighted by atomic mass is 9.94. The van der Waals surface area contributed by atoms with Crippen LogP contribution in [0.3, 0.4) is 0 Å². The Morgan fingerprint density at radius 2 is 2.12 bits per heavy atom. The van der Waals surface area contributed by atoms with E-state index in [2.05, 4.69) is 46.1 Å². The van der Waals surface area contributed by atoms with Crippen molar-refractivity contribution in [3.05, 3.63) is 54.1 Å². The van der Waals surface area contributed by atoms with Gasteiger partial charge >= 0.3 is 0 Å². The number of benzene rings is 1. The van der Waals surface area contributed by atoms with Gasteiger partial charge in [0, 0.05) is 45.0 Å². The molecule has 0 radical (unpaired) electrons. The normalized spacial score (nSPS) is 21.0. The summed E-state index contributed by atoms with van der Waals surface area (Å²) in [4.78, 5) is 18.0. The van der Waals surface area contributed by atoms with E-state index in [1.165, 1.54) is 5.56 Å². The number of piperidine rings is 1. The molecule has 128 valence electrons. The van der Waals surface area contributed by atoms with Gasteiger partial charge in [0.15, 0.2) is 0 Å². The number of carbonyl (C=O) groups excluding carboxylic acids is 1. The Morgan fingerprint density at radius 1 is 1.33 bits per heavy atom. The third-order valence-corrected chi connectivity index (χ3v) is 4.87. The Bertz CT molecular complexity index is 667. The molecule has 1 aromatic carbocycles. The van der Waals surface area contributed by atoms with Crippen LogP contribution in [-0.4, -0.2) is 39.5 Å². The quantitative estimate of drug-likeness (QED) is 0.917. The van der Waals surface area contributed by atoms with Crippen molar-refractivity contribution in [2.45, 2.75) is 39.4 Å². The van der Waals surface area contributed by atoms with Gasteiger partial charge < -0.3 is 14.8 Å². The Hall–Kier alpha value is -2.14. The lowest BCUT2D eigenvalue weighted by Crippen LogP contribution is -2.49. The monoisotopic (exact) mass is 326 g/mol. The zero-order valence-electron chi connectivity index (χ0n) is 14.5. The number of carbonyl (C=O) groups is 1. The molecule has 0 unspecified atom stereocenters. The Kier molecular flexibility index (Phi) is 5.30. The van der Waals surface area contributed by atoms with Crippen LogP contribution in [0.15, 0.2) is 42.7 Å². The summed E-state index contributed by atoms with van der Waals surface area (Å²) >= 11 is 0. The van der Waals surface area contributed by atoms with Crippen LogP contribution in [0.5, 0.6) is 0 Å². The first-order valence-electron chi connectivity index (χ1n) is 8.66. The van der Waals surface area contributed by atoms with E-state index in [1.807, 2.05) is 23.4 Å². The van der Waals surface area contributed by atoms with E-state index < -0.39 is 0 Å². The number of aromatic nitrogens is 2. The van der Waals surface area contributed by atoms with Gasteiger partial charge in [-0.25, -0.2) is 4.98 Å². The van der Waals surface area contributed by atoms with Gasteiger partial charge in [0.05, 0.1) is 6.54 Å². The zero-order chi connectivity index (χ0) is 16.9. The summed E-state index contributed by atoms with van der Waals surface area (Å²) in [6, 6.07) is 10.9. The van der Waals surface area contributed by atoms with E-state index in [4.69, 9.17) is 0 Å². The van der Waals surface area contributed by atoms with Gasteiger partial charge in [0.25, 0.3) is 0 Å². The second-order valence-electron chi connectivity index (χ2n) is 6.68. The molecular formula is C19H26N4O. The molecule has 1 fully saturated rings. The third-order valence-electron chi connectivity index (χ3n) is 4.87. The molecule has 24 heavy (non-hydrogen) atoms. The van der Waals surface area contributed by atoms with Crippen molar-refractivity contribution in [3.8, 4) is 0 Å². The molecule has 1 aromatic heterocycles. The number of likely N-dealkylation sites (tertiary alicyclic amines) is 1. The highest BCUT2D eigenvalue weighted by atomic mass is 16.2. The van der Waals surface area contributed by atoms with Crippen molar-refractivity contribution in [2.24, 2.45) is 5.92 Å². The van der Waals surface area contributed by atoms with Gasteiger partial charge in [-0.05, 0) is 17.9 Å².